The van der Waals surface area contributed by atoms with Gasteiger partial charge in [0.2, 0.25) is 0 Å². The van der Waals surface area contributed by atoms with E-state index in [0.29, 0.717) is 13.1 Å². The Morgan fingerprint density at radius 2 is 2.00 bits per heavy atom. The van der Waals surface area contributed by atoms with Gasteiger partial charge in [-0.1, -0.05) is 12.1 Å². The van der Waals surface area contributed by atoms with E-state index in [9.17, 15) is 4.39 Å². The van der Waals surface area contributed by atoms with E-state index < -0.39 is 0 Å². The van der Waals surface area contributed by atoms with Crippen LogP contribution in [0.15, 0.2) is 42.9 Å². The van der Waals surface area contributed by atoms with Crippen molar-refractivity contribution in [1.29, 1.82) is 0 Å². The molecule has 1 heterocycles. The van der Waals surface area contributed by atoms with Gasteiger partial charge in [-0.3, -0.25) is 4.90 Å². The fraction of sp³-hybridized carbons (Fsp3) is 0.286. The molecule has 1 atom stereocenters. The van der Waals surface area contributed by atoms with E-state index in [2.05, 4.69) is 14.9 Å². The van der Waals surface area contributed by atoms with Gasteiger partial charge in [0.1, 0.15) is 12.1 Å². The minimum absolute atomic E-state index is 0.0213. The third kappa shape index (κ3) is 3.56. The van der Waals surface area contributed by atoms with E-state index in [0.717, 1.165) is 11.3 Å². The van der Waals surface area contributed by atoms with E-state index in [1.54, 1.807) is 18.3 Å². The SMILES string of the molecule is CN(Cc1ccc(F)cc1)C(CN)c1ccncn1. The lowest BCUT2D eigenvalue weighted by Crippen LogP contribution is -2.30. The summed E-state index contributed by atoms with van der Waals surface area (Å²) >= 11 is 0. The van der Waals surface area contributed by atoms with Crippen LogP contribution in [0.4, 0.5) is 4.39 Å². The molecule has 5 heteroatoms. The van der Waals surface area contributed by atoms with Crippen LogP contribution < -0.4 is 5.73 Å². The topological polar surface area (TPSA) is 55.0 Å². The molecule has 0 saturated carbocycles. The van der Waals surface area contributed by atoms with Crippen molar-refractivity contribution in [1.82, 2.24) is 14.9 Å². The van der Waals surface area contributed by atoms with Gasteiger partial charge in [-0.25, -0.2) is 14.4 Å². The summed E-state index contributed by atoms with van der Waals surface area (Å²) in [4.78, 5) is 10.2. The van der Waals surface area contributed by atoms with Gasteiger partial charge >= 0.3 is 0 Å². The fourth-order valence-corrected chi connectivity index (χ4v) is 2.01. The summed E-state index contributed by atoms with van der Waals surface area (Å²) in [5.41, 5.74) is 7.75. The van der Waals surface area contributed by atoms with Crippen LogP contribution in [0.3, 0.4) is 0 Å². The average molecular weight is 260 g/mol. The van der Waals surface area contributed by atoms with Crippen LogP contribution in [-0.2, 0) is 6.54 Å². The Labute approximate surface area is 112 Å². The second-order valence-electron chi connectivity index (χ2n) is 4.43. The quantitative estimate of drug-likeness (QED) is 0.889. The molecule has 0 spiro atoms. The van der Waals surface area contributed by atoms with Crippen LogP contribution in [0.5, 0.6) is 0 Å². The average Bonchev–Trinajstić information content (AvgIpc) is 2.43. The molecule has 19 heavy (non-hydrogen) atoms. The van der Waals surface area contributed by atoms with Gasteiger partial charge in [-0.2, -0.15) is 0 Å². The molecule has 0 aliphatic carbocycles. The summed E-state index contributed by atoms with van der Waals surface area (Å²) in [6.45, 7) is 1.15. The highest BCUT2D eigenvalue weighted by Gasteiger charge is 2.16. The number of nitrogens with two attached hydrogens (primary N) is 1. The molecule has 0 fully saturated rings. The number of hydrogen-bond donors (Lipinski definition) is 1. The largest absolute Gasteiger partial charge is 0.329 e. The Kier molecular flexibility index (Phi) is 4.54. The summed E-state index contributed by atoms with van der Waals surface area (Å²) in [7, 11) is 1.98. The van der Waals surface area contributed by atoms with E-state index in [1.807, 2.05) is 13.1 Å². The van der Waals surface area contributed by atoms with Crippen LogP contribution in [0.2, 0.25) is 0 Å². The summed E-state index contributed by atoms with van der Waals surface area (Å²) in [5.74, 6) is -0.224. The third-order valence-electron chi connectivity index (χ3n) is 3.05. The number of halogens is 1. The van der Waals surface area contributed by atoms with Crippen molar-refractivity contribution in [2.75, 3.05) is 13.6 Å². The van der Waals surface area contributed by atoms with Crippen molar-refractivity contribution < 1.29 is 4.39 Å². The maximum absolute atomic E-state index is 12.9. The lowest BCUT2D eigenvalue weighted by atomic mass is 10.1. The second-order valence-corrected chi connectivity index (χ2v) is 4.43. The number of rotatable bonds is 5. The highest BCUT2D eigenvalue weighted by atomic mass is 19.1. The van der Waals surface area contributed by atoms with E-state index in [1.165, 1.54) is 18.5 Å². The van der Waals surface area contributed by atoms with Crippen LogP contribution in [0.1, 0.15) is 17.3 Å². The van der Waals surface area contributed by atoms with E-state index in [-0.39, 0.29) is 11.9 Å². The van der Waals surface area contributed by atoms with Gasteiger partial charge in [-0.15, -0.1) is 0 Å². The normalized spacial score (nSPS) is 12.6. The molecule has 0 bridgehead atoms. The molecule has 1 aromatic carbocycles. The minimum Gasteiger partial charge on any atom is -0.329 e. The monoisotopic (exact) mass is 260 g/mol. The summed E-state index contributed by atoms with van der Waals surface area (Å²) in [6, 6.07) is 8.36. The highest BCUT2D eigenvalue weighted by molar-refractivity contribution is 5.16. The van der Waals surface area contributed by atoms with Crippen molar-refractivity contribution in [3.05, 3.63) is 59.9 Å². The van der Waals surface area contributed by atoms with Gasteiger partial charge in [0, 0.05) is 19.3 Å². The summed E-state index contributed by atoms with van der Waals surface area (Å²) < 4.78 is 12.9. The van der Waals surface area contributed by atoms with Gasteiger partial charge in [0.15, 0.2) is 0 Å². The first-order chi connectivity index (χ1) is 9.20. The first-order valence-electron chi connectivity index (χ1n) is 6.11. The number of likely N-dealkylation sites (N-methyl/N-ethyl adjacent to an activating group) is 1. The number of hydrogen-bond acceptors (Lipinski definition) is 4. The Morgan fingerprint density at radius 1 is 1.26 bits per heavy atom. The molecule has 0 aliphatic rings. The smallest absolute Gasteiger partial charge is 0.123 e. The lowest BCUT2D eigenvalue weighted by molar-refractivity contribution is 0.237. The zero-order chi connectivity index (χ0) is 13.7. The van der Waals surface area contributed by atoms with E-state index >= 15 is 0 Å². The lowest BCUT2D eigenvalue weighted by Gasteiger charge is -2.26. The molecule has 2 N–H and O–H groups in total. The predicted molar refractivity (Wildman–Crippen MR) is 71.7 cm³/mol. The number of aromatic nitrogens is 2. The number of nitrogens with zero attached hydrogens (tertiary/aromatic N) is 3. The van der Waals surface area contributed by atoms with Crippen molar-refractivity contribution in [3.63, 3.8) is 0 Å². The summed E-state index contributed by atoms with van der Waals surface area (Å²) in [5, 5.41) is 0. The first-order valence-corrected chi connectivity index (χ1v) is 6.11. The van der Waals surface area contributed by atoms with Crippen molar-refractivity contribution >= 4 is 0 Å². The van der Waals surface area contributed by atoms with Crippen molar-refractivity contribution in [3.8, 4) is 0 Å². The van der Waals surface area contributed by atoms with Crippen molar-refractivity contribution in [2.24, 2.45) is 5.73 Å². The molecule has 1 unspecified atom stereocenters. The Hall–Kier alpha value is -1.85. The first kappa shape index (κ1) is 13.6. The van der Waals surface area contributed by atoms with Gasteiger partial charge in [-0.05, 0) is 30.8 Å². The summed E-state index contributed by atoms with van der Waals surface area (Å²) in [6.07, 6.45) is 3.22. The Balaban J connectivity index is 2.09. The third-order valence-corrected chi connectivity index (χ3v) is 3.05. The van der Waals surface area contributed by atoms with Crippen LogP contribution in [0.25, 0.3) is 0 Å². The molecule has 100 valence electrons. The molecule has 0 aliphatic heterocycles. The fourth-order valence-electron chi connectivity index (χ4n) is 2.01. The maximum atomic E-state index is 12.9. The molecule has 0 saturated heterocycles. The molecule has 4 nitrogen and oxygen atoms in total. The van der Waals surface area contributed by atoms with Crippen molar-refractivity contribution in [2.45, 2.75) is 12.6 Å². The molecule has 0 radical (unpaired) electrons. The number of benzene rings is 1. The molecule has 2 aromatic rings. The second kappa shape index (κ2) is 6.36. The van der Waals surface area contributed by atoms with E-state index in [4.69, 9.17) is 5.73 Å². The van der Waals surface area contributed by atoms with Gasteiger partial charge in [0.05, 0.1) is 11.7 Å². The molecule has 1 aromatic heterocycles. The van der Waals surface area contributed by atoms with Gasteiger partial charge in [0.25, 0.3) is 0 Å². The standard InChI is InChI=1S/C14H17FN4/c1-19(9-11-2-4-12(15)5-3-11)14(8-16)13-6-7-17-10-18-13/h2-7,10,14H,8-9,16H2,1H3. The molecular weight excluding hydrogens is 243 g/mol. The van der Waals surface area contributed by atoms with Crippen LogP contribution >= 0.6 is 0 Å². The zero-order valence-electron chi connectivity index (χ0n) is 10.8. The Morgan fingerprint density at radius 3 is 2.58 bits per heavy atom. The maximum Gasteiger partial charge on any atom is 0.123 e. The highest BCUT2D eigenvalue weighted by Crippen LogP contribution is 2.17. The Bertz CT molecular complexity index is 501. The predicted octanol–water partition coefficient (Wildman–Crippen LogP) is 1.75. The van der Waals surface area contributed by atoms with Crippen LogP contribution in [0, 0.1) is 5.82 Å². The molecule has 0 amide bonds. The minimum atomic E-state index is -0.224. The van der Waals surface area contributed by atoms with Gasteiger partial charge < -0.3 is 5.73 Å². The molecule has 2 rings (SSSR count). The molecular formula is C14H17FN4. The van der Waals surface area contributed by atoms with Crippen LogP contribution in [-0.4, -0.2) is 28.5 Å². The zero-order valence-corrected chi connectivity index (χ0v) is 10.8.